The van der Waals surface area contributed by atoms with Crippen molar-refractivity contribution in [2.75, 3.05) is 7.11 Å². The zero-order chi connectivity index (χ0) is 15.8. The van der Waals surface area contributed by atoms with Crippen molar-refractivity contribution in [2.24, 2.45) is 0 Å². The summed E-state index contributed by atoms with van der Waals surface area (Å²) in [7, 11) is 1.57. The van der Waals surface area contributed by atoms with Gasteiger partial charge in [0.05, 0.1) is 18.6 Å². The van der Waals surface area contributed by atoms with Crippen LogP contribution in [0.4, 0.5) is 0 Å². The van der Waals surface area contributed by atoms with E-state index in [1.807, 2.05) is 33.8 Å². The molecule has 2 aromatic rings. The Labute approximate surface area is 129 Å². The van der Waals surface area contributed by atoms with Gasteiger partial charge in [0.25, 0.3) is 0 Å². The van der Waals surface area contributed by atoms with E-state index >= 15 is 0 Å². The number of carbonyl (C=O) groups excluding carboxylic acids is 1. The standard InChI is InChI=1S/C16H20ClNO3/c1-9-10(7-15(19)21-16(2,3)4)11-6-14(20-5)12(17)8-13(11)18-9/h6,8,18H,7H2,1-5H3. The quantitative estimate of drug-likeness (QED) is 0.871. The SMILES string of the molecule is COc1cc2c(CC(=O)OC(C)(C)C)c(C)[nH]c2cc1Cl. The molecule has 0 aliphatic rings. The van der Waals surface area contributed by atoms with E-state index in [1.54, 1.807) is 13.2 Å². The number of fused-ring (bicyclic) bond motifs is 1. The normalized spacial score (nSPS) is 11.7. The van der Waals surface area contributed by atoms with Crippen LogP contribution in [0.1, 0.15) is 32.0 Å². The Morgan fingerprint density at radius 3 is 2.57 bits per heavy atom. The number of benzene rings is 1. The number of nitrogens with one attached hydrogen (secondary N) is 1. The van der Waals surface area contributed by atoms with Crippen LogP contribution in [0.2, 0.25) is 5.02 Å². The number of methoxy groups -OCH3 is 1. The van der Waals surface area contributed by atoms with Crippen LogP contribution in [0.15, 0.2) is 12.1 Å². The highest BCUT2D eigenvalue weighted by atomic mass is 35.5. The fourth-order valence-electron chi connectivity index (χ4n) is 2.29. The topological polar surface area (TPSA) is 51.3 Å². The summed E-state index contributed by atoms with van der Waals surface area (Å²) in [5.41, 5.74) is 2.24. The van der Waals surface area contributed by atoms with Crippen molar-refractivity contribution in [2.45, 2.75) is 39.7 Å². The van der Waals surface area contributed by atoms with Gasteiger partial charge < -0.3 is 14.5 Å². The van der Waals surface area contributed by atoms with E-state index in [0.717, 1.165) is 22.2 Å². The Bertz CT molecular complexity index is 683. The molecular formula is C16H20ClNO3. The summed E-state index contributed by atoms with van der Waals surface area (Å²) < 4.78 is 10.6. The molecule has 0 radical (unpaired) electrons. The van der Waals surface area contributed by atoms with E-state index in [9.17, 15) is 4.79 Å². The third-order valence-electron chi connectivity index (χ3n) is 3.13. The summed E-state index contributed by atoms with van der Waals surface area (Å²) >= 11 is 6.12. The average Bonchev–Trinajstić information content (AvgIpc) is 2.62. The summed E-state index contributed by atoms with van der Waals surface area (Å²) in [5.74, 6) is 0.342. The van der Waals surface area contributed by atoms with E-state index < -0.39 is 5.60 Å². The molecule has 0 fully saturated rings. The molecule has 0 saturated heterocycles. The zero-order valence-corrected chi connectivity index (χ0v) is 13.7. The van der Waals surface area contributed by atoms with Crippen LogP contribution in [0.25, 0.3) is 10.9 Å². The number of ether oxygens (including phenoxy) is 2. The maximum atomic E-state index is 12.0. The predicted molar refractivity (Wildman–Crippen MR) is 84.1 cm³/mol. The lowest BCUT2D eigenvalue weighted by Gasteiger charge is -2.19. The molecule has 0 atom stereocenters. The minimum Gasteiger partial charge on any atom is -0.495 e. The van der Waals surface area contributed by atoms with Gasteiger partial charge in [0.15, 0.2) is 0 Å². The summed E-state index contributed by atoms with van der Waals surface area (Å²) in [6, 6.07) is 3.65. The Morgan fingerprint density at radius 1 is 1.33 bits per heavy atom. The molecule has 2 rings (SSSR count). The highest BCUT2D eigenvalue weighted by Gasteiger charge is 2.20. The lowest BCUT2D eigenvalue weighted by Crippen LogP contribution is -2.25. The molecule has 4 nitrogen and oxygen atoms in total. The zero-order valence-electron chi connectivity index (χ0n) is 13.0. The van der Waals surface area contributed by atoms with Gasteiger partial charge in [-0.1, -0.05) is 11.6 Å². The number of aryl methyl sites for hydroxylation is 1. The first-order valence-corrected chi connectivity index (χ1v) is 7.15. The Balaban J connectivity index is 2.39. The summed E-state index contributed by atoms with van der Waals surface area (Å²) in [5, 5.41) is 1.47. The van der Waals surface area contributed by atoms with Gasteiger partial charge in [0.2, 0.25) is 0 Å². The van der Waals surface area contributed by atoms with E-state index in [0.29, 0.717) is 10.8 Å². The maximum absolute atomic E-state index is 12.0. The number of esters is 1. The van der Waals surface area contributed by atoms with Crippen molar-refractivity contribution in [3.8, 4) is 5.75 Å². The molecule has 1 aromatic heterocycles. The minimum atomic E-state index is -0.488. The lowest BCUT2D eigenvalue weighted by atomic mass is 10.1. The molecule has 0 aliphatic carbocycles. The minimum absolute atomic E-state index is 0.216. The lowest BCUT2D eigenvalue weighted by molar-refractivity contribution is -0.153. The molecule has 0 amide bonds. The first kappa shape index (κ1) is 15.7. The van der Waals surface area contributed by atoms with Gasteiger partial charge in [-0.2, -0.15) is 0 Å². The molecule has 0 aliphatic heterocycles. The van der Waals surface area contributed by atoms with Crippen LogP contribution in [0, 0.1) is 6.92 Å². The molecule has 0 bridgehead atoms. The number of aromatic nitrogens is 1. The van der Waals surface area contributed by atoms with Gasteiger partial charge >= 0.3 is 5.97 Å². The molecule has 5 heteroatoms. The average molecular weight is 310 g/mol. The molecule has 1 N–H and O–H groups in total. The molecule has 1 heterocycles. The van der Waals surface area contributed by atoms with E-state index in [4.69, 9.17) is 21.1 Å². The number of aromatic amines is 1. The van der Waals surface area contributed by atoms with Gasteiger partial charge in [0.1, 0.15) is 11.4 Å². The second-order valence-corrected chi connectivity index (χ2v) is 6.43. The Morgan fingerprint density at radius 2 is 2.00 bits per heavy atom. The number of hydrogen-bond acceptors (Lipinski definition) is 3. The second kappa shape index (κ2) is 5.60. The molecule has 0 spiro atoms. The number of halogens is 1. The van der Waals surface area contributed by atoms with Gasteiger partial charge in [-0.25, -0.2) is 0 Å². The third kappa shape index (κ3) is 3.50. The summed E-state index contributed by atoms with van der Waals surface area (Å²) in [6.07, 6.45) is 0.216. The Kier molecular flexibility index (Phi) is 4.19. The number of rotatable bonds is 3. The van der Waals surface area contributed by atoms with Gasteiger partial charge in [0, 0.05) is 16.6 Å². The first-order valence-electron chi connectivity index (χ1n) is 6.78. The van der Waals surface area contributed by atoms with Crippen molar-refractivity contribution in [3.63, 3.8) is 0 Å². The van der Waals surface area contributed by atoms with E-state index in [2.05, 4.69) is 4.98 Å². The van der Waals surface area contributed by atoms with Crippen LogP contribution < -0.4 is 4.74 Å². The van der Waals surface area contributed by atoms with Crippen molar-refractivity contribution < 1.29 is 14.3 Å². The third-order valence-corrected chi connectivity index (χ3v) is 3.43. The molecule has 0 saturated carbocycles. The number of carbonyl (C=O) groups is 1. The molecule has 114 valence electrons. The largest absolute Gasteiger partial charge is 0.495 e. The van der Waals surface area contributed by atoms with Gasteiger partial charge in [-0.05, 0) is 45.4 Å². The van der Waals surface area contributed by atoms with Gasteiger partial charge in [-0.3, -0.25) is 4.79 Å². The first-order chi connectivity index (χ1) is 9.71. The monoisotopic (exact) mass is 309 g/mol. The van der Waals surface area contributed by atoms with Crippen LogP contribution in [-0.2, 0) is 16.0 Å². The smallest absolute Gasteiger partial charge is 0.310 e. The Hall–Kier alpha value is -1.68. The van der Waals surface area contributed by atoms with Crippen LogP contribution in [-0.4, -0.2) is 23.7 Å². The highest BCUT2D eigenvalue weighted by Crippen LogP contribution is 2.33. The molecule has 0 unspecified atom stereocenters. The maximum Gasteiger partial charge on any atom is 0.310 e. The van der Waals surface area contributed by atoms with Crippen LogP contribution >= 0.6 is 11.6 Å². The highest BCUT2D eigenvalue weighted by molar-refractivity contribution is 6.32. The summed E-state index contributed by atoms with van der Waals surface area (Å²) in [6.45, 7) is 7.50. The fourth-order valence-corrected chi connectivity index (χ4v) is 2.53. The van der Waals surface area contributed by atoms with Crippen LogP contribution in [0.3, 0.4) is 0 Å². The second-order valence-electron chi connectivity index (χ2n) is 6.02. The van der Waals surface area contributed by atoms with Crippen LogP contribution in [0.5, 0.6) is 5.75 Å². The fraction of sp³-hybridized carbons (Fsp3) is 0.438. The predicted octanol–water partition coefficient (Wildman–Crippen LogP) is 4.02. The van der Waals surface area contributed by atoms with Crippen molar-refractivity contribution in [3.05, 3.63) is 28.4 Å². The van der Waals surface area contributed by atoms with E-state index in [-0.39, 0.29) is 12.4 Å². The van der Waals surface area contributed by atoms with Crippen molar-refractivity contribution >= 4 is 28.5 Å². The summed E-state index contributed by atoms with van der Waals surface area (Å²) in [4.78, 5) is 15.3. The number of H-pyrrole nitrogens is 1. The molecule has 21 heavy (non-hydrogen) atoms. The van der Waals surface area contributed by atoms with E-state index in [1.165, 1.54) is 0 Å². The number of hydrogen-bond donors (Lipinski definition) is 1. The van der Waals surface area contributed by atoms with Gasteiger partial charge in [-0.15, -0.1) is 0 Å². The van der Waals surface area contributed by atoms with Crippen molar-refractivity contribution in [1.29, 1.82) is 0 Å². The molecular weight excluding hydrogens is 290 g/mol. The van der Waals surface area contributed by atoms with Crippen molar-refractivity contribution in [1.82, 2.24) is 4.98 Å². The molecule has 1 aromatic carbocycles.